The third-order valence-electron chi connectivity index (χ3n) is 2.93. The Hall–Kier alpha value is -1.95. The minimum atomic E-state index is -0.423. The van der Waals surface area contributed by atoms with E-state index in [9.17, 15) is 9.59 Å². The van der Waals surface area contributed by atoms with E-state index in [0.29, 0.717) is 29.7 Å². The lowest BCUT2D eigenvalue weighted by Gasteiger charge is -2.16. The Labute approximate surface area is 120 Å². The number of aromatic nitrogens is 1. The molecule has 0 N–H and O–H groups in total. The molecule has 0 radical (unpaired) electrons. The van der Waals surface area contributed by atoms with E-state index in [-0.39, 0.29) is 6.10 Å². The van der Waals surface area contributed by atoms with Crippen LogP contribution in [0.1, 0.15) is 30.1 Å². The van der Waals surface area contributed by atoms with Crippen LogP contribution in [0, 0.1) is 0 Å². The van der Waals surface area contributed by atoms with Crippen LogP contribution in [0.15, 0.2) is 17.6 Å². The van der Waals surface area contributed by atoms with Crippen molar-refractivity contribution in [2.75, 3.05) is 7.11 Å². The molecule has 1 aromatic carbocycles. The smallest absolute Gasteiger partial charge is 0.338 e. The lowest BCUT2D eigenvalue weighted by molar-refractivity contribution is -0.109. The zero-order valence-electron chi connectivity index (χ0n) is 11.3. The van der Waals surface area contributed by atoms with E-state index in [1.54, 1.807) is 17.6 Å². The van der Waals surface area contributed by atoms with Gasteiger partial charge in [0, 0.05) is 6.42 Å². The van der Waals surface area contributed by atoms with Gasteiger partial charge in [0.1, 0.15) is 23.7 Å². The number of benzene rings is 1. The van der Waals surface area contributed by atoms with Crippen LogP contribution in [0.2, 0.25) is 0 Å². The summed E-state index contributed by atoms with van der Waals surface area (Å²) in [4.78, 5) is 26.5. The fourth-order valence-electron chi connectivity index (χ4n) is 1.85. The van der Waals surface area contributed by atoms with Gasteiger partial charge in [-0.15, -0.1) is 11.3 Å². The summed E-state index contributed by atoms with van der Waals surface area (Å²) in [6, 6.07) is 3.34. The molecule has 2 aromatic rings. The fraction of sp³-hybridized carbons (Fsp3) is 0.357. The number of thiazole rings is 1. The molecule has 20 heavy (non-hydrogen) atoms. The molecule has 0 amide bonds. The maximum atomic E-state index is 11.7. The van der Waals surface area contributed by atoms with Gasteiger partial charge in [-0.2, -0.15) is 0 Å². The van der Waals surface area contributed by atoms with Gasteiger partial charge in [0.15, 0.2) is 0 Å². The summed E-state index contributed by atoms with van der Waals surface area (Å²) in [5.74, 6) is 0.0893. The zero-order valence-corrected chi connectivity index (χ0v) is 12.1. The Balaban J connectivity index is 2.41. The number of fused-ring (bicyclic) bond motifs is 1. The van der Waals surface area contributed by atoms with Crippen molar-refractivity contribution in [1.29, 1.82) is 0 Å². The summed E-state index contributed by atoms with van der Waals surface area (Å²) in [6.07, 6.45) is 1.62. The van der Waals surface area contributed by atoms with Crippen LogP contribution in [0.4, 0.5) is 0 Å². The zero-order chi connectivity index (χ0) is 14.5. The molecule has 6 heteroatoms. The lowest BCUT2D eigenvalue weighted by Crippen LogP contribution is -2.16. The number of hydrogen-bond acceptors (Lipinski definition) is 6. The number of aldehydes is 1. The predicted octanol–water partition coefficient (Wildman–Crippen LogP) is 2.83. The van der Waals surface area contributed by atoms with Crippen LogP contribution in [0.3, 0.4) is 0 Å². The van der Waals surface area contributed by atoms with E-state index in [1.165, 1.54) is 18.4 Å². The average molecular weight is 293 g/mol. The van der Waals surface area contributed by atoms with Crippen molar-refractivity contribution in [2.45, 2.75) is 25.9 Å². The van der Waals surface area contributed by atoms with E-state index in [2.05, 4.69) is 4.98 Å². The molecular weight excluding hydrogens is 278 g/mol. The molecule has 0 spiro atoms. The number of carbonyl (C=O) groups excluding carboxylic acids is 2. The third kappa shape index (κ3) is 2.96. The predicted molar refractivity (Wildman–Crippen MR) is 76.3 cm³/mol. The Kier molecular flexibility index (Phi) is 4.68. The van der Waals surface area contributed by atoms with E-state index >= 15 is 0 Å². The highest BCUT2D eigenvalue weighted by atomic mass is 32.1. The third-order valence-corrected chi connectivity index (χ3v) is 3.71. The molecule has 0 bridgehead atoms. The maximum Gasteiger partial charge on any atom is 0.338 e. The summed E-state index contributed by atoms with van der Waals surface area (Å²) in [6.45, 7) is 1.94. The SMILES string of the molecule is CC[C@H](CC=O)Oc1cc(C(=O)OC)cc2scnc12. The molecule has 0 saturated carbocycles. The van der Waals surface area contributed by atoms with E-state index in [0.717, 1.165) is 11.0 Å². The minimum absolute atomic E-state index is 0.217. The van der Waals surface area contributed by atoms with Crippen LogP contribution in [0.25, 0.3) is 10.2 Å². The average Bonchev–Trinajstić information content (AvgIpc) is 2.94. The molecule has 0 saturated heterocycles. The highest BCUT2D eigenvalue weighted by Gasteiger charge is 2.16. The van der Waals surface area contributed by atoms with Crippen molar-refractivity contribution >= 4 is 33.8 Å². The molecule has 106 valence electrons. The van der Waals surface area contributed by atoms with Gasteiger partial charge in [-0.3, -0.25) is 0 Å². The summed E-state index contributed by atoms with van der Waals surface area (Å²) in [7, 11) is 1.33. The van der Waals surface area contributed by atoms with Crippen molar-refractivity contribution in [3.05, 3.63) is 23.2 Å². The summed E-state index contributed by atoms with van der Waals surface area (Å²) in [5.41, 5.74) is 2.81. The number of nitrogens with zero attached hydrogens (tertiary/aromatic N) is 1. The van der Waals surface area contributed by atoms with Crippen molar-refractivity contribution in [3.63, 3.8) is 0 Å². The largest absolute Gasteiger partial charge is 0.488 e. The van der Waals surface area contributed by atoms with Crippen molar-refractivity contribution in [1.82, 2.24) is 4.98 Å². The molecule has 1 aromatic heterocycles. The van der Waals surface area contributed by atoms with Gasteiger partial charge in [-0.25, -0.2) is 9.78 Å². The van der Waals surface area contributed by atoms with Crippen molar-refractivity contribution < 1.29 is 19.1 Å². The van der Waals surface area contributed by atoms with Gasteiger partial charge in [-0.1, -0.05) is 6.92 Å². The van der Waals surface area contributed by atoms with E-state index < -0.39 is 5.97 Å². The molecule has 5 nitrogen and oxygen atoms in total. The van der Waals surface area contributed by atoms with Gasteiger partial charge < -0.3 is 14.3 Å². The Bertz CT molecular complexity index is 623. The first-order chi connectivity index (χ1) is 9.69. The van der Waals surface area contributed by atoms with Crippen LogP contribution in [0.5, 0.6) is 5.75 Å². The quantitative estimate of drug-likeness (QED) is 0.605. The maximum absolute atomic E-state index is 11.7. The highest BCUT2D eigenvalue weighted by Crippen LogP contribution is 2.31. The summed E-state index contributed by atoms with van der Waals surface area (Å²) < 4.78 is 11.4. The van der Waals surface area contributed by atoms with Crippen LogP contribution in [-0.2, 0) is 9.53 Å². The Morgan fingerprint density at radius 3 is 2.95 bits per heavy atom. The van der Waals surface area contributed by atoms with Crippen LogP contribution in [-0.4, -0.2) is 30.5 Å². The summed E-state index contributed by atoms with van der Waals surface area (Å²) in [5, 5.41) is 0. The first-order valence-electron chi connectivity index (χ1n) is 6.25. The molecule has 0 aliphatic heterocycles. The second-order valence-corrected chi connectivity index (χ2v) is 5.10. The first-order valence-corrected chi connectivity index (χ1v) is 7.13. The molecule has 0 fully saturated rings. The lowest BCUT2D eigenvalue weighted by atomic mass is 10.2. The summed E-state index contributed by atoms with van der Waals surface area (Å²) >= 11 is 1.42. The Morgan fingerprint density at radius 1 is 1.50 bits per heavy atom. The number of esters is 1. The van der Waals surface area contributed by atoms with Gasteiger partial charge >= 0.3 is 5.97 Å². The normalized spacial score (nSPS) is 12.1. The number of rotatable bonds is 6. The standard InChI is InChI=1S/C14H15NO4S/c1-3-10(4-5-16)19-11-6-9(14(17)18-2)7-12-13(11)15-8-20-12/h5-8,10H,3-4H2,1-2H3/t10-/m1/s1. The molecular formula is C14H15NO4S. The van der Waals surface area contributed by atoms with E-state index in [4.69, 9.17) is 9.47 Å². The number of hydrogen-bond donors (Lipinski definition) is 0. The van der Waals surface area contributed by atoms with Crippen LogP contribution < -0.4 is 4.74 Å². The van der Waals surface area contributed by atoms with Gasteiger partial charge in [0.25, 0.3) is 0 Å². The second kappa shape index (κ2) is 6.47. The highest BCUT2D eigenvalue weighted by molar-refractivity contribution is 7.16. The first kappa shape index (κ1) is 14.5. The topological polar surface area (TPSA) is 65.5 Å². The van der Waals surface area contributed by atoms with Crippen molar-refractivity contribution in [2.24, 2.45) is 0 Å². The van der Waals surface area contributed by atoms with E-state index in [1.807, 2.05) is 6.92 Å². The van der Waals surface area contributed by atoms with Crippen LogP contribution >= 0.6 is 11.3 Å². The number of methoxy groups -OCH3 is 1. The monoisotopic (exact) mass is 293 g/mol. The number of ether oxygens (including phenoxy) is 2. The van der Waals surface area contributed by atoms with Gasteiger partial charge in [-0.05, 0) is 18.6 Å². The molecule has 0 aliphatic rings. The fourth-order valence-corrected chi connectivity index (χ4v) is 2.58. The molecule has 1 heterocycles. The van der Waals surface area contributed by atoms with Crippen molar-refractivity contribution in [3.8, 4) is 5.75 Å². The van der Waals surface area contributed by atoms with Gasteiger partial charge in [0.05, 0.1) is 22.9 Å². The molecule has 1 atom stereocenters. The minimum Gasteiger partial charge on any atom is -0.488 e. The van der Waals surface area contributed by atoms with Gasteiger partial charge in [0.2, 0.25) is 0 Å². The molecule has 0 unspecified atom stereocenters. The number of carbonyl (C=O) groups is 2. The Morgan fingerprint density at radius 2 is 2.30 bits per heavy atom. The molecule has 0 aliphatic carbocycles. The second-order valence-electron chi connectivity index (χ2n) is 4.22. The molecule has 2 rings (SSSR count).